The normalized spacial score (nSPS) is 22.7. The average molecular weight is 408 g/mol. The van der Waals surface area contributed by atoms with Crippen molar-refractivity contribution in [3.63, 3.8) is 0 Å². The summed E-state index contributed by atoms with van der Waals surface area (Å²) in [6, 6.07) is 18.5. The molecule has 6 heteroatoms. The van der Waals surface area contributed by atoms with E-state index in [1.807, 2.05) is 76.2 Å². The number of hydrogen-bond donors (Lipinski definition) is 1. The molecule has 2 aromatic carbocycles. The minimum absolute atomic E-state index is 0.219. The van der Waals surface area contributed by atoms with Gasteiger partial charge >= 0.3 is 6.03 Å². The molecule has 0 aromatic heterocycles. The summed E-state index contributed by atoms with van der Waals surface area (Å²) in [5.74, 6) is -0.219. The van der Waals surface area contributed by atoms with Crippen molar-refractivity contribution in [3.05, 3.63) is 66.2 Å². The number of benzene rings is 2. The van der Waals surface area contributed by atoms with Gasteiger partial charge in [0.2, 0.25) is 0 Å². The van der Waals surface area contributed by atoms with Crippen molar-refractivity contribution in [2.24, 2.45) is 0 Å². The largest absolute Gasteiger partial charge is 0.332 e. The van der Waals surface area contributed by atoms with Crippen LogP contribution in [-0.4, -0.2) is 43.7 Å². The van der Waals surface area contributed by atoms with Crippen LogP contribution in [0.3, 0.4) is 0 Å². The van der Waals surface area contributed by atoms with Gasteiger partial charge in [-0.1, -0.05) is 48.5 Å². The topological polar surface area (TPSA) is 64.1 Å². The van der Waals surface area contributed by atoms with E-state index in [9.17, 15) is 14.8 Å². The first-order chi connectivity index (χ1) is 14.1. The lowest BCUT2D eigenvalue weighted by Gasteiger charge is -2.56. The van der Waals surface area contributed by atoms with E-state index in [1.165, 1.54) is 9.96 Å². The average Bonchev–Trinajstić information content (AvgIpc) is 2.88. The summed E-state index contributed by atoms with van der Waals surface area (Å²) in [5.41, 5.74) is -0.854. The first-order valence-electron chi connectivity index (χ1n) is 10.3. The first-order valence-corrected chi connectivity index (χ1v) is 10.3. The molecule has 1 spiro atoms. The van der Waals surface area contributed by atoms with Crippen LogP contribution >= 0.6 is 0 Å². The first kappa shape index (κ1) is 20.6. The number of urea groups is 1. The molecule has 158 valence electrons. The molecule has 2 fully saturated rings. The van der Waals surface area contributed by atoms with E-state index in [2.05, 4.69) is 0 Å². The molecule has 2 saturated heterocycles. The van der Waals surface area contributed by atoms with Crippen LogP contribution in [0.2, 0.25) is 0 Å². The zero-order valence-electron chi connectivity index (χ0n) is 18.0. The van der Waals surface area contributed by atoms with Crippen LogP contribution in [-0.2, 0) is 11.3 Å². The van der Waals surface area contributed by atoms with Gasteiger partial charge in [0.1, 0.15) is 5.54 Å². The number of carbonyl (C=O) groups is 2. The molecule has 2 aliphatic heterocycles. The Balaban J connectivity index is 1.84. The van der Waals surface area contributed by atoms with Crippen LogP contribution in [0.5, 0.6) is 0 Å². The third-order valence-electron chi connectivity index (χ3n) is 6.33. The van der Waals surface area contributed by atoms with Crippen LogP contribution in [0.15, 0.2) is 60.7 Å². The van der Waals surface area contributed by atoms with E-state index in [0.29, 0.717) is 25.1 Å². The molecular weight excluding hydrogens is 378 g/mol. The molecule has 30 heavy (non-hydrogen) atoms. The van der Waals surface area contributed by atoms with Gasteiger partial charge in [0, 0.05) is 30.5 Å². The number of hydroxylamine groups is 2. The number of imide groups is 1. The predicted molar refractivity (Wildman–Crippen MR) is 115 cm³/mol. The molecule has 2 aromatic rings. The van der Waals surface area contributed by atoms with Gasteiger partial charge in [-0.3, -0.25) is 4.79 Å². The Morgan fingerprint density at radius 2 is 1.33 bits per heavy atom. The van der Waals surface area contributed by atoms with E-state index < -0.39 is 16.6 Å². The number of hydrogen-bond acceptors (Lipinski definition) is 4. The molecule has 0 saturated carbocycles. The number of amides is 3. The van der Waals surface area contributed by atoms with Crippen LogP contribution in [0.25, 0.3) is 0 Å². The molecule has 3 amide bonds. The molecule has 0 bridgehead atoms. The molecule has 0 atom stereocenters. The molecule has 6 nitrogen and oxygen atoms in total. The van der Waals surface area contributed by atoms with Crippen molar-refractivity contribution < 1.29 is 14.8 Å². The SMILES string of the molecule is CC1(C)CC2(CC(C)(C)N1O)C(=O)N(c1ccccc1)C(=O)N2Cc1ccccc1. The molecule has 2 aliphatic rings. The third kappa shape index (κ3) is 3.11. The van der Waals surface area contributed by atoms with E-state index in [1.54, 1.807) is 17.0 Å². The molecule has 1 N–H and O–H groups in total. The summed E-state index contributed by atoms with van der Waals surface area (Å²) < 4.78 is 0. The van der Waals surface area contributed by atoms with Gasteiger partial charge in [0.15, 0.2) is 0 Å². The van der Waals surface area contributed by atoms with Crippen LogP contribution in [0, 0.1) is 0 Å². The van der Waals surface area contributed by atoms with Crippen LogP contribution in [0.4, 0.5) is 10.5 Å². The maximum atomic E-state index is 13.9. The minimum Gasteiger partial charge on any atom is -0.313 e. The van der Waals surface area contributed by atoms with E-state index in [0.717, 1.165) is 5.56 Å². The second kappa shape index (κ2) is 6.93. The molecule has 4 rings (SSSR count). The Bertz CT molecular complexity index is 938. The fraction of sp³-hybridized carbons (Fsp3) is 0.417. The molecule has 2 heterocycles. The second-order valence-electron chi connectivity index (χ2n) is 9.65. The molecular formula is C24H29N3O3. The van der Waals surface area contributed by atoms with Crippen LogP contribution in [0.1, 0.15) is 46.1 Å². The quantitative estimate of drug-likeness (QED) is 0.764. The Labute approximate surface area is 177 Å². The van der Waals surface area contributed by atoms with Gasteiger partial charge in [-0.2, -0.15) is 5.06 Å². The summed E-state index contributed by atoms with van der Waals surface area (Å²) in [5, 5.41) is 12.2. The zero-order valence-corrected chi connectivity index (χ0v) is 18.0. The molecule has 0 radical (unpaired) electrons. The standard InChI is InChI=1S/C24H29N3O3/c1-22(2)16-24(17-23(3,4)27(22)30)20(28)26(19-13-9-6-10-14-19)21(29)25(24)15-18-11-7-5-8-12-18/h5-14,30H,15-17H2,1-4H3. The fourth-order valence-electron chi connectivity index (χ4n) is 5.31. The third-order valence-corrected chi connectivity index (χ3v) is 6.33. The summed E-state index contributed by atoms with van der Waals surface area (Å²) in [6.45, 7) is 8.00. The second-order valence-corrected chi connectivity index (χ2v) is 9.65. The Morgan fingerprint density at radius 1 is 0.833 bits per heavy atom. The van der Waals surface area contributed by atoms with Gasteiger partial charge < -0.3 is 10.1 Å². The van der Waals surface area contributed by atoms with Crippen molar-refractivity contribution >= 4 is 17.6 Å². The maximum Gasteiger partial charge on any atom is 0.332 e. The van der Waals surface area contributed by atoms with Gasteiger partial charge in [-0.25, -0.2) is 9.69 Å². The lowest BCUT2D eigenvalue weighted by atomic mass is 9.69. The summed E-state index contributed by atoms with van der Waals surface area (Å²) in [6.07, 6.45) is 0.696. The Hall–Kier alpha value is -2.70. The lowest BCUT2D eigenvalue weighted by molar-refractivity contribution is -0.259. The molecule has 0 aliphatic carbocycles. The zero-order chi connectivity index (χ0) is 21.7. The minimum atomic E-state index is -1.03. The van der Waals surface area contributed by atoms with Crippen molar-refractivity contribution in [1.29, 1.82) is 0 Å². The smallest absolute Gasteiger partial charge is 0.313 e. The van der Waals surface area contributed by atoms with E-state index in [-0.39, 0.29) is 11.9 Å². The van der Waals surface area contributed by atoms with Gasteiger partial charge in [-0.05, 0) is 45.4 Å². The predicted octanol–water partition coefficient (Wildman–Crippen LogP) is 4.44. The van der Waals surface area contributed by atoms with Crippen molar-refractivity contribution in [3.8, 4) is 0 Å². The number of rotatable bonds is 3. The van der Waals surface area contributed by atoms with Crippen LogP contribution < -0.4 is 4.90 Å². The van der Waals surface area contributed by atoms with Gasteiger partial charge in [0.25, 0.3) is 5.91 Å². The highest BCUT2D eigenvalue weighted by Crippen LogP contribution is 2.50. The lowest BCUT2D eigenvalue weighted by Crippen LogP contribution is -2.69. The number of para-hydroxylation sites is 1. The number of carbonyl (C=O) groups excluding carboxylic acids is 2. The van der Waals surface area contributed by atoms with Crippen molar-refractivity contribution in [1.82, 2.24) is 9.96 Å². The van der Waals surface area contributed by atoms with Crippen molar-refractivity contribution in [2.75, 3.05) is 4.90 Å². The highest BCUT2D eigenvalue weighted by Gasteiger charge is 2.65. The highest BCUT2D eigenvalue weighted by atomic mass is 16.5. The number of piperidine rings is 1. The van der Waals surface area contributed by atoms with E-state index >= 15 is 0 Å². The number of anilines is 1. The Kier molecular flexibility index (Phi) is 4.75. The monoisotopic (exact) mass is 407 g/mol. The van der Waals surface area contributed by atoms with Gasteiger partial charge in [0.05, 0.1) is 5.69 Å². The summed E-state index contributed by atoms with van der Waals surface area (Å²) in [7, 11) is 0. The van der Waals surface area contributed by atoms with E-state index in [4.69, 9.17) is 0 Å². The fourth-order valence-corrected chi connectivity index (χ4v) is 5.31. The summed E-state index contributed by atoms with van der Waals surface area (Å²) >= 11 is 0. The Morgan fingerprint density at radius 3 is 1.87 bits per heavy atom. The summed E-state index contributed by atoms with van der Waals surface area (Å²) in [4.78, 5) is 30.6. The van der Waals surface area contributed by atoms with Gasteiger partial charge in [-0.15, -0.1) is 0 Å². The maximum absolute atomic E-state index is 13.9. The number of nitrogens with zero attached hydrogens (tertiary/aromatic N) is 3. The molecule has 0 unspecified atom stereocenters. The van der Waals surface area contributed by atoms with Crippen molar-refractivity contribution in [2.45, 2.75) is 63.7 Å². The highest BCUT2D eigenvalue weighted by molar-refractivity contribution is 6.23.